The van der Waals surface area contributed by atoms with E-state index in [1.54, 1.807) is 11.0 Å². The van der Waals surface area contributed by atoms with Gasteiger partial charge in [0.1, 0.15) is 5.84 Å². The molecule has 0 spiro atoms. The molecule has 0 fully saturated rings. The molecule has 3 heterocycles. The molecule has 2 aliphatic heterocycles. The second-order valence-electron chi connectivity index (χ2n) is 7.51. The second kappa shape index (κ2) is 6.85. The fourth-order valence-corrected chi connectivity index (χ4v) is 4.82. The normalized spacial score (nSPS) is 17.6. The molecule has 0 bridgehead atoms. The molecular formula is C24H20N4OS. The second-order valence-corrected chi connectivity index (χ2v) is 8.72. The molecule has 0 atom stereocenters. The van der Waals surface area contributed by atoms with E-state index in [-0.39, 0.29) is 11.7 Å². The number of hydrogen-bond donors (Lipinski definition) is 1. The Morgan fingerprint density at radius 3 is 2.60 bits per heavy atom. The smallest absolute Gasteiger partial charge is 0.283 e. The molecule has 5 nitrogen and oxygen atoms in total. The molecule has 6 heteroatoms. The minimum Gasteiger partial charge on any atom is -0.318 e. The van der Waals surface area contributed by atoms with Crippen LogP contribution >= 0.6 is 11.8 Å². The molecule has 2 aromatic carbocycles. The average Bonchev–Trinajstić information content (AvgIpc) is 3.23. The summed E-state index contributed by atoms with van der Waals surface area (Å²) < 4.78 is 2.18. The Kier molecular flexibility index (Phi) is 4.25. The lowest BCUT2D eigenvalue weighted by Crippen LogP contribution is -2.35. The van der Waals surface area contributed by atoms with E-state index in [2.05, 4.69) is 52.9 Å². The van der Waals surface area contributed by atoms with E-state index in [9.17, 15) is 4.79 Å². The van der Waals surface area contributed by atoms with Crippen LogP contribution in [0.1, 0.15) is 23.9 Å². The molecule has 0 aliphatic carbocycles. The lowest BCUT2D eigenvalue weighted by atomic mass is 10.1. The number of nitrogens with one attached hydrogen (secondary N) is 1. The van der Waals surface area contributed by atoms with Crippen LogP contribution in [0.4, 0.5) is 0 Å². The van der Waals surface area contributed by atoms with Crippen molar-refractivity contribution in [3.8, 4) is 5.69 Å². The van der Waals surface area contributed by atoms with Gasteiger partial charge in [0.25, 0.3) is 5.91 Å². The zero-order chi connectivity index (χ0) is 21.0. The van der Waals surface area contributed by atoms with E-state index in [0.29, 0.717) is 10.7 Å². The zero-order valence-corrected chi connectivity index (χ0v) is 17.7. The van der Waals surface area contributed by atoms with Crippen molar-refractivity contribution >= 4 is 45.5 Å². The van der Waals surface area contributed by atoms with Gasteiger partial charge in [-0.2, -0.15) is 4.99 Å². The molecule has 0 radical (unpaired) electrons. The van der Waals surface area contributed by atoms with Crippen LogP contribution in [0.15, 0.2) is 70.2 Å². The minimum absolute atomic E-state index is 0.171. The standard InChI is InChI=1S/C24H20N4OS/c1-14-10-19(12-21-22(25)27-13-15(2)30-24(27)26-23(21)29)16(3)28(14)20-9-8-17-6-4-5-7-18(17)11-20/h4-13,25H,1-3H3. The third kappa shape index (κ3) is 2.92. The summed E-state index contributed by atoms with van der Waals surface area (Å²) in [6.07, 6.45) is 3.64. The first-order chi connectivity index (χ1) is 14.4. The topological polar surface area (TPSA) is 61.5 Å². The maximum Gasteiger partial charge on any atom is 0.283 e. The Balaban J connectivity index is 1.58. The van der Waals surface area contributed by atoms with Crippen molar-refractivity contribution in [3.63, 3.8) is 0 Å². The van der Waals surface area contributed by atoms with Crippen LogP contribution in [0.5, 0.6) is 0 Å². The summed E-state index contributed by atoms with van der Waals surface area (Å²) in [5, 5.41) is 11.5. The summed E-state index contributed by atoms with van der Waals surface area (Å²) in [6.45, 7) is 6.04. The molecule has 0 saturated carbocycles. The summed E-state index contributed by atoms with van der Waals surface area (Å²) in [5.41, 5.74) is 4.39. The molecule has 1 N–H and O–H groups in total. The highest BCUT2D eigenvalue weighted by Crippen LogP contribution is 2.33. The lowest BCUT2D eigenvalue weighted by Gasteiger charge is -2.22. The van der Waals surface area contributed by atoms with Gasteiger partial charge in [-0.05, 0) is 61.4 Å². The number of aryl methyl sites for hydroxylation is 1. The van der Waals surface area contributed by atoms with E-state index >= 15 is 0 Å². The van der Waals surface area contributed by atoms with Crippen molar-refractivity contribution in [1.29, 1.82) is 5.41 Å². The van der Waals surface area contributed by atoms with E-state index in [1.807, 2.05) is 32.2 Å². The van der Waals surface area contributed by atoms with Crippen molar-refractivity contribution in [2.45, 2.75) is 20.8 Å². The van der Waals surface area contributed by atoms with Gasteiger partial charge in [-0.1, -0.05) is 42.1 Å². The van der Waals surface area contributed by atoms with Crippen LogP contribution in [0.2, 0.25) is 0 Å². The van der Waals surface area contributed by atoms with Crippen molar-refractivity contribution in [3.05, 3.63) is 82.2 Å². The molecule has 0 saturated heterocycles. The number of benzene rings is 2. The quantitative estimate of drug-likeness (QED) is 0.572. The summed E-state index contributed by atoms with van der Waals surface area (Å²) in [5.74, 6) is -0.192. The predicted octanol–water partition coefficient (Wildman–Crippen LogP) is 5.41. The van der Waals surface area contributed by atoms with E-state index in [4.69, 9.17) is 5.41 Å². The molecule has 30 heavy (non-hydrogen) atoms. The number of thioether (sulfide) groups is 1. The summed E-state index contributed by atoms with van der Waals surface area (Å²) in [7, 11) is 0. The summed E-state index contributed by atoms with van der Waals surface area (Å²) in [4.78, 5) is 19.5. The van der Waals surface area contributed by atoms with Gasteiger partial charge in [0.15, 0.2) is 5.17 Å². The fraction of sp³-hybridized carbons (Fsp3) is 0.125. The monoisotopic (exact) mass is 412 g/mol. The van der Waals surface area contributed by atoms with Gasteiger partial charge < -0.3 is 4.57 Å². The number of hydrogen-bond acceptors (Lipinski definition) is 3. The predicted molar refractivity (Wildman–Crippen MR) is 124 cm³/mol. The van der Waals surface area contributed by atoms with Crippen LogP contribution in [-0.4, -0.2) is 26.4 Å². The van der Waals surface area contributed by atoms with Crippen molar-refractivity contribution < 1.29 is 4.79 Å². The Bertz CT molecular complexity index is 1340. The molecule has 1 amide bonds. The number of amides is 1. The van der Waals surface area contributed by atoms with Gasteiger partial charge >= 0.3 is 0 Å². The highest BCUT2D eigenvalue weighted by Gasteiger charge is 2.33. The molecule has 2 aliphatic rings. The molecule has 3 aromatic rings. The first-order valence-electron chi connectivity index (χ1n) is 9.69. The highest BCUT2D eigenvalue weighted by molar-refractivity contribution is 8.17. The molecular weight excluding hydrogens is 392 g/mol. The maximum atomic E-state index is 12.6. The Labute approximate surface area is 178 Å². The van der Waals surface area contributed by atoms with Crippen molar-refractivity contribution in [1.82, 2.24) is 9.47 Å². The number of rotatable bonds is 2. The summed E-state index contributed by atoms with van der Waals surface area (Å²) in [6, 6.07) is 16.7. The van der Waals surface area contributed by atoms with E-state index in [1.165, 1.54) is 22.5 Å². The third-order valence-electron chi connectivity index (χ3n) is 5.45. The molecule has 1 aromatic heterocycles. The number of aromatic nitrogens is 1. The largest absolute Gasteiger partial charge is 0.318 e. The first kappa shape index (κ1) is 18.6. The van der Waals surface area contributed by atoms with Crippen LogP contribution < -0.4 is 0 Å². The Hall–Kier alpha value is -3.38. The number of nitrogens with zero attached hydrogens (tertiary/aromatic N) is 3. The molecule has 5 rings (SSSR count). The lowest BCUT2D eigenvalue weighted by molar-refractivity contribution is -0.114. The van der Waals surface area contributed by atoms with Gasteiger partial charge in [0, 0.05) is 28.2 Å². The van der Waals surface area contributed by atoms with Crippen molar-refractivity contribution in [2.24, 2.45) is 4.99 Å². The van der Waals surface area contributed by atoms with E-state index < -0.39 is 0 Å². The number of allylic oxidation sites excluding steroid dienone is 1. The third-order valence-corrected chi connectivity index (χ3v) is 6.35. The van der Waals surface area contributed by atoms with Crippen molar-refractivity contribution in [2.75, 3.05) is 0 Å². The Morgan fingerprint density at radius 1 is 1.03 bits per heavy atom. The van der Waals surface area contributed by atoms with Gasteiger partial charge in [0.2, 0.25) is 0 Å². The van der Waals surface area contributed by atoms with E-state index in [0.717, 1.165) is 27.5 Å². The van der Waals surface area contributed by atoms with Gasteiger partial charge in [-0.25, -0.2) is 0 Å². The number of aliphatic imine (C=N–C) groups is 1. The zero-order valence-electron chi connectivity index (χ0n) is 16.9. The van der Waals surface area contributed by atoms with Crippen LogP contribution in [0.25, 0.3) is 22.5 Å². The first-order valence-corrected chi connectivity index (χ1v) is 10.5. The van der Waals surface area contributed by atoms with Gasteiger partial charge in [-0.15, -0.1) is 0 Å². The molecule has 0 unspecified atom stereocenters. The minimum atomic E-state index is -0.364. The highest BCUT2D eigenvalue weighted by atomic mass is 32.2. The number of carbonyl (C=O) groups is 1. The number of carbonyl (C=O) groups excluding carboxylic acids is 1. The fourth-order valence-electron chi connectivity index (χ4n) is 4.00. The van der Waals surface area contributed by atoms with Crippen LogP contribution in [0, 0.1) is 19.3 Å². The van der Waals surface area contributed by atoms with Gasteiger partial charge in [-0.3, -0.25) is 15.1 Å². The number of fused-ring (bicyclic) bond motifs is 2. The maximum absolute atomic E-state index is 12.6. The summed E-state index contributed by atoms with van der Waals surface area (Å²) >= 11 is 1.42. The Morgan fingerprint density at radius 2 is 1.80 bits per heavy atom. The van der Waals surface area contributed by atoms with Gasteiger partial charge in [0.05, 0.1) is 5.57 Å². The molecule has 148 valence electrons. The average molecular weight is 413 g/mol. The SMILES string of the molecule is CC1=CN2C(=N)C(=Cc3cc(C)n(-c4ccc5ccccc5c4)c3C)C(=O)N=C2S1. The number of amidine groups is 2. The van der Waals surface area contributed by atoms with Crippen LogP contribution in [-0.2, 0) is 4.79 Å². The van der Waals surface area contributed by atoms with Crippen LogP contribution in [0.3, 0.4) is 0 Å².